The fourth-order valence-corrected chi connectivity index (χ4v) is 2.73. The molecule has 1 unspecified atom stereocenters. The van der Waals surface area contributed by atoms with Crippen molar-refractivity contribution >= 4 is 27.5 Å². The number of aryl methyl sites for hydroxylation is 1. The van der Waals surface area contributed by atoms with Crippen molar-refractivity contribution in [3.05, 3.63) is 56.7 Å². The number of hydrogen-bond donors (Lipinski definition) is 1. The Balaban J connectivity index is 2.51. The average molecular weight is 361 g/mol. The lowest BCUT2D eigenvalue weighted by Crippen LogP contribution is -2.23. The van der Waals surface area contributed by atoms with E-state index in [2.05, 4.69) is 21.2 Å². The van der Waals surface area contributed by atoms with Crippen LogP contribution >= 0.6 is 27.5 Å². The molecule has 2 aromatic rings. The number of nitrogens with one attached hydrogen (secondary N) is 1. The highest BCUT2D eigenvalue weighted by Gasteiger charge is 2.22. The lowest BCUT2D eigenvalue weighted by atomic mass is 9.97. The van der Waals surface area contributed by atoms with E-state index in [1.54, 1.807) is 12.3 Å². The topological polar surface area (TPSA) is 25.2 Å². The van der Waals surface area contributed by atoms with Crippen LogP contribution in [0.25, 0.3) is 0 Å². The molecule has 0 amide bonds. The maximum absolute atomic E-state index is 14.3. The van der Waals surface area contributed by atoms with E-state index in [9.17, 15) is 4.39 Å². The van der Waals surface area contributed by atoms with Gasteiger partial charge in [-0.2, -0.15) is 0 Å². The zero-order valence-electron chi connectivity index (χ0n) is 11.3. The fraction of sp³-hybridized carbons (Fsp3) is 0.333. The maximum Gasteiger partial charge on any atom is 0.129 e. The minimum absolute atomic E-state index is 0.265. The molecule has 1 aromatic heterocycles. The predicted octanol–water partition coefficient (Wildman–Crippen LogP) is 5.10. The molecule has 0 aliphatic rings. The molecular weight excluding hydrogens is 345 g/mol. The number of furan rings is 1. The van der Waals surface area contributed by atoms with Crippen LogP contribution in [-0.4, -0.2) is 6.54 Å². The summed E-state index contributed by atoms with van der Waals surface area (Å²) in [7, 11) is 0. The Labute approximate surface area is 131 Å². The van der Waals surface area contributed by atoms with Crippen LogP contribution in [0.2, 0.25) is 5.02 Å². The molecule has 0 radical (unpaired) electrons. The van der Waals surface area contributed by atoms with E-state index in [-0.39, 0.29) is 11.9 Å². The van der Waals surface area contributed by atoms with E-state index in [0.717, 1.165) is 17.7 Å². The molecule has 2 nitrogen and oxygen atoms in total. The second-order valence-corrected chi connectivity index (χ2v) is 5.69. The molecular formula is C15H16BrClFNO. The number of halogens is 3. The molecule has 1 aromatic carbocycles. The van der Waals surface area contributed by atoms with Crippen molar-refractivity contribution in [2.24, 2.45) is 0 Å². The van der Waals surface area contributed by atoms with Gasteiger partial charge >= 0.3 is 0 Å². The highest BCUT2D eigenvalue weighted by atomic mass is 79.9. The van der Waals surface area contributed by atoms with E-state index < -0.39 is 0 Å². The molecule has 0 aliphatic heterocycles. The van der Waals surface area contributed by atoms with Gasteiger partial charge in [-0.25, -0.2) is 4.39 Å². The van der Waals surface area contributed by atoms with Gasteiger partial charge in [0.25, 0.3) is 0 Å². The summed E-state index contributed by atoms with van der Waals surface area (Å²) in [6.45, 7) is 4.71. The van der Waals surface area contributed by atoms with Gasteiger partial charge in [0.2, 0.25) is 0 Å². The minimum Gasteiger partial charge on any atom is -0.469 e. The van der Waals surface area contributed by atoms with Crippen molar-refractivity contribution in [3.63, 3.8) is 0 Å². The van der Waals surface area contributed by atoms with Gasteiger partial charge in [0, 0.05) is 22.0 Å². The molecule has 0 saturated heterocycles. The van der Waals surface area contributed by atoms with Gasteiger partial charge < -0.3 is 9.73 Å². The molecule has 0 fully saturated rings. The first kappa shape index (κ1) is 15.5. The molecule has 20 heavy (non-hydrogen) atoms. The Morgan fingerprint density at radius 3 is 2.75 bits per heavy atom. The van der Waals surface area contributed by atoms with Gasteiger partial charge in [0.05, 0.1) is 17.3 Å². The molecule has 1 heterocycles. The van der Waals surface area contributed by atoms with Crippen LogP contribution in [0.4, 0.5) is 4.39 Å². The Morgan fingerprint density at radius 1 is 1.35 bits per heavy atom. The minimum atomic E-state index is -0.296. The van der Waals surface area contributed by atoms with Crippen molar-refractivity contribution in [1.82, 2.24) is 5.32 Å². The second kappa shape index (κ2) is 6.74. The Hall–Kier alpha value is -0.840. The first-order chi connectivity index (χ1) is 9.58. The smallest absolute Gasteiger partial charge is 0.129 e. The first-order valence-corrected chi connectivity index (χ1v) is 7.69. The molecule has 108 valence electrons. The summed E-state index contributed by atoms with van der Waals surface area (Å²) in [5.41, 5.74) is 1.47. The zero-order chi connectivity index (χ0) is 14.7. The third-order valence-corrected chi connectivity index (χ3v) is 4.37. The summed E-state index contributed by atoms with van der Waals surface area (Å²) in [5.74, 6) is 0.560. The summed E-state index contributed by atoms with van der Waals surface area (Å²) >= 11 is 9.33. The average Bonchev–Trinajstić information content (AvgIpc) is 2.88. The first-order valence-electron chi connectivity index (χ1n) is 6.52. The van der Waals surface area contributed by atoms with Gasteiger partial charge in [-0.3, -0.25) is 0 Å². The summed E-state index contributed by atoms with van der Waals surface area (Å²) in [4.78, 5) is 0. The second-order valence-electron chi connectivity index (χ2n) is 4.43. The lowest BCUT2D eigenvalue weighted by molar-refractivity contribution is 0.497. The van der Waals surface area contributed by atoms with Crippen LogP contribution < -0.4 is 5.32 Å². The summed E-state index contributed by atoms with van der Waals surface area (Å²) < 4.78 is 20.3. The van der Waals surface area contributed by atoms with Crippen LogP contribution in [0.3, 0.4) is 0 Å². The number of benzene rings is 1. The Kier molecular flexibility index (Phi) is 5.24. The van der Waals surface area contributed by atoms with Crippen molar-refractivity contribution in [3.8, 4) is 0 Å². The quantitative estimate of drug-likeness (QED) is 0.751. The van der Waals surface area contributed by atoms with Crippen molar-refractivity contribution in [2.75, 3.05) is 6.54 Å². The maximum atomic E-state index is 14.3. The van der Waals surface area contributed by atoms with Crippen LogP contribution in [-0.2, 0) is 6.42 Å². The number of hydrogen-bond acceptors (Lipinski definition) is 2. The summed E-state index contributed by atoms with van der Waals surface area (Å²) in [6.07, 6.45) is 2.40. The lowest BCUT2D eigenvalue weighted by Gasteiger charge is -2.19. The van der Waals surface area contributed by atoms with Gasteiger partial charge in [0.1, 0.15) is 11.6 Å². The highest BCUT2D eigenvalue weighted by molar-refractivity contribution is 9.10. The van der Waals surface area contributed by atoms with Crippen LogP contribution in [0.15, 0.2) is 33.4 Å². The van der Waals surface area contributed by atoms with E-state index in [1.165, 1.54) is 6.07 Å². The fourth-order valence-electron chi connectivity index (χ4n) is 2.25. The van der Waals surface area contributed by atoms with Crippen LogP contribution in [0.1, 0.15) is 36.8 Å². The van der Waals surface area contributed by atoms with E-state index in [0.29, 0.717) is 21.6 Å². The Morgan fingerprint density at radius 2 is 2.10 bits per heavy atom. The zero-order valence-corrected chi connectivity index (χ0v) is 13.7. The Bertz CT molecular complexity index is 600. The highest BCUT2D eigenvalue weighted by Crippen LogP contribution is 2.33. The third-order valence-electron chi connectivity index (χ3n) is 3.17. The van der Waals surface area contributed by atoms with Crippen LogP contribution in [0.5, 0.6) is 0 Å². The molecule has 0 aliphatic carbocycles. The normalized spacial score (nSPS) is 12.7. The summed E-state index contributed by atoms with van der Waals surface area (Å²) in [5, 5.41) is 3.78. The standard InChI is InChI=1S/C15H16BrClFNO/c1-3-14-9(5-6-20-14)15(19-4-2)10-7-12(17)11(16)8-13(10)18/h5-8,15,19H,3-4H2,1-2H3. The van der Waals surface area contributed by atoms with Gasteiger partial charge in [-0.1, -0.05) is 25.4 Å². The van der Waals surface area contributed by atoms with Crippen molar-refractivity contribution in [2.45, 2.75) is 26.3 Å². The molecule has 1 N–H and O–H groups in total. The van der Waals surface area contributed by atoms with E-state index in [1.807, 2.05) is 19.9 Å². The third kappa shape index (κ3) is 3.08. The number of rotatable bonds is 5. The van der Waals surface area contributed by atoms with E-state index >= 15 is 0 Å². The van der Waals surface area contributed by atoms with Crippen LogP contribution in [0, 0.1) is 5.82 Å². The molecule has 5 heteroatoms. The molecule has 0 spiro atoms. The summed E-state index contributed by atoms with van der Waals surface area (Å²) in [6, 6.07) is 4.66. The molecule has 0 bridgehead atoms. The van der Waals surface area contributed by atoms with Gasteiger partial charge in [-0.05, 0) is 40.7 Å². The van der Waals surface area contributed by atoms with Crippen molar-refractivity contribution in [1.29, 1.82) is 0 Å². The molecule has 0 saturated carbocycles. The monoisotopic (exact) mass is 359 g/mol. The SMILES string of the molecule is CCNC(c1cc(Cl)c(Br)cc1F)c1ccoc1CC. The predicted molar refractivity (Wildman–Crippen MR) is 82.7 cm³/mol. The van der Waals surface area contributed by atoms with E-state index in [4.69, 9.17) is 16.0 Å². The molecule has 1 atom stereocenters. The van der Waals surface area contributed by atoms with Crippen molar-refractivity contribution < 1.29 is 8.81 Å². The molecule has 2 rings (SSSR count). The van der Waals surface area contributed by atoms with Gasteiger partial charge in [-0.15, -0.1) is 0 Å². The largest absolute Gasteiger partial charge is 0.469 e. The van der Waals surface area contributed by atoms with Gasteiger partial charge in [0.15, 0.2) is 0 Å².